The molecule has 0 N–H and O–H groups in total. The van der Waals surface area contributed by atoms with E-state index >= 15 is 0 Å². The highest BCUT2D eigenvalue weighted by atomic mass is 32.3. The molecule has 0 saturated heterocycles. The van der Waals surface area contributed by atoms with Gasteiger partial charge >= 0.3 is 0 Å². The SMILES string of the molecule is CCCCC(CC)CSC1=C(SCC(CC)CCCC)SC(=C2SC3=C(S2)SC(=C2SC4=C(SC(=C5SC(SCC(CC)CCCC)=C(SCC(CC)CCCC)S5)S4)S2)S3)S1. The van der Waals surface area contributed by atoms with Crippen LogP contribution in [0.1, 0.15) is 158 Å². The maximum Gasteiger partial charge on any atom is 0.0718 e. The highest BCUT2D eigenvalue weighted by Crippen LogP contribution is 2.76. The molecule has 0 spiro atoms. The van der Waals surface area contributed by atoms with E-state index in [0.717, 1.165) is 23.7 Å². The maximum absolute atomic E-state index is 2.40. The van der Waals surface area contributed by atoms with E-state index in [9.17, 15) is 0 Å². The number of hydrogen-bond acceptors (Lipinski definition) is 16. The predicted molar refractivity (Wildman–Crippen MR) is 323 cm³/mol. The van der Waals surface area contributed by atoms with Crippen molar-refractivity contribution in [3.05, 3.63) is 59.3 Å². The zero-order valence-electron chi connectivity index (χ0n) is 38.0. The molecule has 4 atom stereocenters. The lowest BCUT2D eigenvalue weighted by atomic mass is 10.0. The molecular weight excluding hydrogens is 1070 g/mol. The molecule has 0 amide bonds. The third-order valence-electron chi connectivity index (χ3n) is 11.4. The average Bonchev–Trinajstić information content (AvgIpc) is 4.14. The Morgan fingerprint density at radius 2 is 0.452 bits per heavy atom. The molecule has 0 bridgehead atoms. The van der Waals surface area contributed by atoms with E-state index in [1.54, 1.807) is 25.4 Å². The topological polar surface area (TPSA) is 0 Å². The first-order chi connectivity index (χ1) is 30.3. The molecule has 0 nitrogen and oxygen atoms in total. The molecular formula is C46H68S16. The number of unbranched alkanes of at least 4 members (excludes halogenated alkanes) is 4. The van der Waals surface area contributed by atoms with E-state index in [4.69, 9.17) is 0 Å². The number of thioether (sulfide) groups is 16. The summed E-state index contributed by atoms with van der Waals surface area (Å²) in [6.45, 7) is 18.9. The van der Waals surface area contributed by atoms with Crippen LogP contribution in [0.3, 0.4) is 0 Å². The Bertz CT molecular complexity index is 1500. The molecule has 0 aliphatic carbocycles. The van der Waals surface area contributed by atoms with Crippen LogP contribution in [0.5, 0.6) is 0 Å². The van der Waals surface area contributed by atoms with Crippen molar-refractivity contribution in [2.45, 2.75) is 158 Å². The Hall–Kier alpha value is 3.78. The number of rotatable bonds is 28. The summed E-state index contributed by atoms with van der Waals surface area (Å²) >= 11 is 33.6. The molecule has 0 saturated carbocycles. The Labute approximate surface area is 446 Å². The first-order valence-electron chi connectivity index (χ1n) is 23.2. The van der Waals surface area contributed by atoms with E-state index in [-0.39, 0.29) is 0 Å². The van der Waals surface area contributed by atoms with Gasteiger partial charge in [-0.25, -0.2) is 0 Å². The minimum absolute atomic E-state index is 0.833. The van der Waals surface area contributed by atoms with Crippen molar-refractivity contribution in [2.75, 3.05) is 23.0 Å². The quantitative estimate of drug-likeness (QED) is 0.0729. The van der Waals surface area contributed by atoms with Gasteiger partial charge in [0.05, 0.1) is 59.3 Å². The summed E-state index contributed by atoms with van der Waals surface area (Å²) in [6.07, 6.45) is 21.4. The van der Waals surface area contributed by atoms with Crippen LogP contribution < -0.4 is 0 Å². The molecule has 62 heavy (non-hydrogen) atoms. The molecule has 6 rings (SSSR count). The third kappa shape index (κ3) is 16.4. The van der Waals surface area contributed by atoms with Gasteiger partial charge in [-0.3, -0.25) is 0 Å². The molecule has 0 aromatic carbocycles. The Balaban J connectivity index is 1.04. The molecule has 0 aromatic rings. The zero-order chi connectivity index (χ0) is 43.8. The zero-order valence-corrected chi connectivity index (χ0v) is 51.0. The second-order valence-electron chi connectivity index (χ2n) is 16.2. The molecule has 6 aliphatic heterocycles. The molecule has 0 aromatic heterocycles. The fourth-order valence-corrected chi connectivity index (χ4v) is 33.3. The molecule has 0 fully saturated rings. The average molecular weight is 1130 g/mol. The fraction of sp³-hybridized carbons (Fsp3) is 0.696. The van der Waals surface area contributed by atoms with Crippen LogP contribution in [0.25, 0.3) is 0 Å². The Morgan fingerprint density at radius 1 is 0.274 bits per heavy atom. The second-order valence-corrected chi connectivity index (χ2v) is 36.1. The molecule has 4 unspecified atom stereocenters. The first-order valence-corrected chi connectivity index (χ1v) is 36.9. The van der Waals surface area contributed by atoms with Crippen molar-refractivity contribution >= 4 is 188 Å². The molecule has 16 heteroatoms. The van der Waals surface area contributed by atoms with E-state index in [1.165, 1.54) is 160 Å². The minimum Gasteiger partial charge on any atom is -0.117 e. The summed E-state index contributed by atoms with van der Waals surface area (Å²) in [5, 5.41) is 0. The van der Waals surface area contributed by atoms with Gasteiger partial charge in [-0.15, -0.1) is 47.0 Å². The van der Waals surface area contributed by atoms with Gasteiger partial charge in [0.2, 0.25) is 0 Å². The molecule has 6 heterocycles. The Kier molecular flexibility index (Phi) is 26.6. The van der Waals surface area contributed by atoms with Gasteiger partial charge in [0.1, 0.15) is 0 Å². The van der Waals surface area contributed by atoms with Crippen LogP contribution in [-0.4, -0.2) is 23.0 Å². The van der Waals surface area contributed by atoms with Crippen molar-refractivity contribution < 1.29 is 0 Å². The lowest BCUT2D eigenvalue weighted by Crippen LogP contribution is -2.03. The van der Waals surface area contributed by atoms with Crippen molar-refractivity contribution in [1.29, 1.82) is 0 Å². The van der Waals surface area contributed by atoms with Gasteiger partial charge in [0.25, 0.3) is 0 Å². The lowest BCUT2D eigenvalue weighted by Gasteiger charge is -2.16. The van der Waals surface area contributed by atoms with Crippen molar-refractivity contribution in [2.24, 2.45) is 23.7 Å². The molecule has 348 valence electrons. The van der Waals surface area contributed by atoms with E-state index in [0.29, 0.717) is 0 Å². The summed E-state index contributed by atoms with van der Waals surface area (Å²) in [6, 6.07) is 0. The summed E-state index contributed by atoms with van der Waals surface area (Å²) in [5.41, 5.74) is 0. The summed E-state index contributed by atoms with van der Waals surface area (Å²) in [5.74, 6) is 8.41. The normalized spacial score (nSPS) is 21.3. The van der Waals surface area contributed by atoms with Gasteiger partial charge in [-0.2, -0.15) is 0 Å². The van der Waals surface area contributed by atoms with Crippen molar-refractivity contribution in [3.8, 4) is 0 Å². The molecule has 6 aliphatic rings. The van der Waals surface area contributed by atoms with E-state index < -0.39 is 0 Å². The van der Waals surface area contributed by atoms with Gasteiger partial charge in [-0.1, -0.05) is 274 Å². The fourth-order valence-electron chi connectivity index (χ4n) is 6.94. The maximum atomic E-state index is 2.40. The van der Waals surface area contributed by atoms with Gasteiger partial charge in [0, 0.05) is 23.0 Å². The minimum atomic E-state index is 0.833. The van der Waals surface area contributed by atoms with Gasteiger partial charge in [-0.05, 0) is 49.4 Å². The second kappa shape index (κ2) is 30.0. The smallest absolute Gasteiger partial charge is 0.0718 e. The van der Waals surface area contributed by atoms with Gasteiger partial charge in [0.15, 0.2) is 0 Å². The monoisotopic (exact) mass is 1130 g/mol. The standard InChI is InChI=1S/C46H68S16/c1-9-17-21-29(13-5)25-47-33-34(48-26-30(14-6)22-18-10-2)52-37(51-33)39-55-41-42(56-39)60-45(59-41)46-61-43-44(62-46)58-40(57-43)38-53-35(49-27-31(15-7)23-19-11-3)36(54-38)50-28-32(16-8)24-20-12-4/h29-32H,9-28H2,1-8H3. The summed E-state index contributed by atoms with van der Waals surface area (Å²) in [7, 11) is 0. The largest absolute Gasteiger partial charge is 0.117 e. The highest BCUT2D eigenvalue weighted by molar-refractivity contribution is 8.53. The van der Waals surface area contributed by atoms with Crippen LogP contribution in [-0.2, 0) is 0 Å². The third-order valence-corrected chi connectivity index (χ3v) is 36.2. The number of hydrogen-bond donors (Lipinski definition) is 0. The van der Waals surface area contributed by atoms with Crippen LogP contribution >= 0.6 is 188 Å². The predicted octanol–water partition coefficient (Wildman–Crippen LogP) is 23.6. The first kappa shape index (κ1) is 55.1. The van der Waals surface area contributed by atoms with Crippen LogP contribution in [0.2, 0.25) is 0 Å². The van der Waals surface area contributed by atoms with Crippen LogP contribution in [0.15, 0.2) is 59.3 Å². The van der Waals surface area contributed by atoms with E-state index in [2.05, 4.69) is 244 Å². The Morgan fingerprint density at radius 3 is 0.613 bits per heavy atom. The summed E-state index contributed by atoms with van der Waals surface area (Å²) in [4.78, 5) is 0. The van der Waals surface area contributed by atoms with Crippen LogP contribution in [0, 0.1) is 23.7 Å². The van der Waals surface area contributed by atoms with Crippen molar-refractivity contribution in [3.63, 3.8) is 0 Å². The van der Waals surface area contributed by atoms with E-state index in [1.807, 2.05) is 0 Å². The van der Waals surface area contributed by atoms with Gasteiger partial charge < -0.3 is 0 Å². The molecule has 0 radical (unpaired) electrons. The van der Waals surface area contributed by atoms with Crippen molar-refractivity contribution in [1.82, 2.24) is 0 Å². The van der Waals surface area contributed by atoms with Crippen LogP contribution in [0.4, 0.5) is 0 Å². The highest BCUT2D eigenvalue weighted by Gasteiger charge is 2.40. The summed E-state index contributed by atoms with van der Waals surface area (Å²) < 4.78 is 21.6. The lowest BCUT2D eigenvalue weighted by molar-refractivity contribution is 0.500.